The number of aromatic nitrogens is 1. The molecular formula is C9H15N3S. The van der Waals surface area contributed by atoms with E-state index in [1.807, 2.05) is 12.6 Å². The summed E-state index contributed by atoms with van der Waals surface area (Å²) in [6.07, 6.45) is 1.26. The van der Waals surface area contributed by atoms with Crippen LogP contribution >= 0.6 is 11.3 Å². The summed E-state index contributed by atoms with van der Waals surface area (Å²) in [5.41, 5.74) is 3.11. The molecule has 1 aromatic heterocycles. The van der Waals surface area contributed by atoms with Gasteiger partial charge in [-0.15, -0.1) is 11.3 Å². The van der Waals surface area contributed by atoms with Gasteiger partial charge < -0.3 is 5.32 Å². The highest BCUT2D eigenvalue weighted by Crippen LogP contribution is 2.12. The molecule has 0 aromatic carbocycles. The van der Waals surface area contributed by atoms with Crippen molar-refractivity contribution >= 4 is 11.3 Å². The van der Waals surface area contributed by atoms with Crippen molar-refractivity contribution in [1.82, 2.24) is 15.2 Å². The molecule has 13 heavy (non-hydrogen) atoms. The lowest BCUT2D eigenvalue weighted by Gasteiger charge is -2.13. The van der Waals surface area contributed by atoms with Crippen LogP contribution in [0.1, 0.15) is 12.1 Å². The van der Waals surface area contributed by atoms with Crippen molar-refractivity contribution in [2.24, 2.45) is 0 Å². The molecule has 1 aliphatic heterocycles. The van der Waals surface area contributed by atoms with Crippen LogP contribution in [0.3, 0.4) is 0 Å². The smallest absolute Gasteiger partial charge is 0.0795 e. The van der Waals surface area contributed by atoms with Gasteiger partial charge in [0.15, 0.2) is 0 Å². The molecule has 4 heteroatoms. The normalized spacial score (nSPS) is 23.9. The van der Waals surface area contributed by atoms with Crippen LogP contribution in [-0.2, 0) is 6.54 Å². The van der Waals surface area contributed by atoms with Gasteiger partial charge in [0.2, 0.25) is 0 Å². The van der Waals surface area contributed by atoms with E-state index in [1.54, 1.807) is 11.3 Å². The third-order valence-electron chi connectivity index (χ3n) is 2.55. The third-order valence-corrected chi connectivity index (χ3v) is 3.18. The Morgan fingerprint density at radius 2 is 2.69 bits per heavy atom. The number of nitrogens with one attached hydrogen (secondary N) is 1. The van der Waals surface area contributed by atoms with E-state index in [0.29, 0.717) is 6.04 Å². The van der Waals surface area contributed by atoms with E-state index in [4.69, 9.17) is 0 Å². The van der Waals surface area contributed by atoms with E-state index >= 15 is 0 Å². The van der Waals surface area contributed by atoms with E-state index in [0.717, 1.165) is 13.1 Å². The largest absolute Gasteiger partial charge is 0.316 e. The fraction of sp³-hybridized carbons (Fsp3) is 0.667. The molecule has 1 aromatic rings. The molecule has 0 saturated carbocycles. The first-order valence-corrected chi connectivity index (χ1v) is 5.59. The monoisotopic (exact) mass is 197 g/mol. The minimum atomic E-state index is 0.679. The molecule has 1 saturated heterocycles. The molecule has 1 aliphatic rings. The quantitative estimate of drug-likeness (QED) is 0.781. The molecule has 2 rings (SSSR count). The number of hydrogen-bond donors (Lipinski definition) is 1. The second kappa shape index (κ2) is 4.17. The second-order valence-corrected chi connectivity index (χ2v) is 4.21. The first-order chi connectivity index (χ1) is 6.38. The van der Waals surface area contributed by atoms with E-state index in [2.05, 4.69) is 20.6 Å². The van der Waals surface area contributed by atoms with Gasteiger partial charge in [0.1, 0.15) is 0 Å². The van der Waals surface area contributed by atoms with Gasteiger partial charge in [0, 0.05) is 31.1 Å². The molecule has 0 aliphatic carbocycles. The average Bonchev–Trinajstić information content (AvgIpc) is 2.76. The molecular weight excluding hydrogens is 182 g/mol. The Hall–Kier alpha value is -0.450. The molecule has 1 fully saturated rings. The van der Waals surface area contributed by atoms with Gasteiger partial charge in [-0.25, -0.2) is 4.98 Å². The Morgan fingerprint density at radius 3 is 3.31 bits per heavy atom. The van der Waals surface area contributed by atoms with Crippen molar-refractivity contribution in [3.05, 3.63) is 16.6 Å². The van der Waals surface area contributed by atoms with Crippen LogP contribution in [0, 0.1) is 0 Å². The van der Waals surface area contributed by atoms with Gasteiger partial charge in [-0.05, 0) is 13.5 Å². The SMILES string of the molecule is CNC1CCN(Cc2cscn2)C1. The third kappa shape index (κ3) is 2.27. The summed E-state index contributed by atoms with van der Waals surface area (Å²) in [4.78, 5) is 6.74. The van der Waals surface area contributed by atoms with Crippen LogP contribution < -0.4 is 5.32 Å². The Balaban J connectivity index is 1.84. The molecule has 0 amide bonds. The van der Waals surface area contributed by atoms with Crippen LogP contribution in [0.4, 0.5) is 0 Å². The first-order valence-electron chi connectivity index (χ1n) is 4.65. The summed E-state index contributed by atoms with van der Waals surface area (Å²) in [6, 6.07) is 0.679. The number of likely N-dealkylation sites (tertiary alicyclic amines) is 1. The Labute approximate surface area is 82.8 Å². The maximum absolute atomic E-state index is 4.29. The van der Waals surface area contributed by atoms with Gasteiger partial charge in [0.25, 0.3) is 0 Å². The van der Waals surface area contributed by atoms with Gasteiger partial charge in [-0.1, -0.05) is 0 Å². The van der Waals surface area contributed by atoms with E-state index in [9.17, 15) is 0 Å². The highest BCUT2D eigenvalue weighted by Gasteiger charge is 2.20. The fourth-order valence-electron chi connectivity index (χ4n) is 1.76. The molecule has 1 unspecified atom stereocenters. The minimum Gasteiger partial charge on any atom is -0.316 e. The fourth-order valence-corrected chi connectivity index (χ4v) is 2.31. The lowest BCUT2D eigenvalue weighted by atomic mass is 10.3. The summed E-state index contributed by atoms with van der Waals surface area (Å²) < 4.78 is 0. The second-order valence-electron chi connectivity index (χ2n) is 3.49. The van der Waals surface area contributed by atoms with Crippen LogP contribution in [-0.4, -0.2) is 36.1 Å². The lowest BCUT2D eigenvalue weighted by molar-refractivity contribution is 0.319. The number of hydrogen-bond acceptors (Lipinski definition) is 4. The van der Waals surface area contributed by atoms with Crippen molar-refractivity contribution in [3.8, 4) is 0 Å². The molecule has 1 atom stereocenters. The first kappa shape index (κ1) is 9.12. The zero-order valence-corrected chi connectivity index (χ0v) is 8.68. The minimum absolute atomic E-state index is 0.679. The highest BCUT2D eigenvalue weighted by atomic mass is 32.1. The molecule has 0 radical (unpaired) electrons. The van der Waals surface area contributed by atoms with Crippen molar-refractivity contribution in [1.29, 1.82) is 0 Å². The number of thiazole rings is 1. The van der Waals surface area contributed by atoms with Crippen LogP contribution in [0.5, 0.6) is 0 Å². The summed E-state index contributed by atoms with van der Waals surface area (Å²) in [7, 11) is 2.04. The highest BCUT2D eigenvalue weighted by molar-refractivity contribution is 7.07. The van der Waals surface area contributed by atoms with Gasteiger partial charge in [-0.2, -0.15) is 0 Å². The van der Waals surface area contributed by atoms with Gasteiger partial charge in [0.05, 0.1) is 11.2 Å². The topological polar surface area (TPSA) is 28.2 Å². The van der Waals surface area contributed by atoms with Crippen molar-refractivity contribution in [3.63, 3.8) is 0 Å². The van der Waals surface area contributed by atoms with E-state index in [-0.39, 0.29) is 0 Å². The Kier molecular flexibility index (Phi) is 2.93. The zero-order valence-electron chi connectivity index (χ0n) is 7.86. The van der Waals surface area contributed by atoms with Gasteiger partial charge in [-0.3, -0.25) is 4.90 Å². The maximum Gasteiger partial charge on any atom is 0.0795 e. The van der Waals surface area contributed by atoms with Gasteiger partial charge >= 0.3 is 0 Å². The predicted octanol–water partition coefficient (Wildman–Crippen LogP) is 0.937. The predicted molar refractivity (Wildman–Crippen MR) is 54.9 cm³/mol. The molecule has 0 spiro atoms. The molecule has 0 bridgehead atoms. The lowest BCUT2D eigenvalue weighted by Crippen LogP contribution is -2.29. The summed E-state index contributed by atoms with van der Waals surface area (Å²) >= 11 is 1.68. The number of nitrogens with zero attached hydrogens (tertiary/aromatic N) is 2. The average molecular weight is 197 g/mol. The summed E-state index contributed by atoms with van der Waals surface area (Å²) in [5.74, 6) is 0. The van der Waals surface area contributed by atoms with Crippen molar-refractivity contribution in [2.75, 3.05) is 20.1 Å². The van der Waals surface area contributed by atoms with Crippen LogP contribution in [0.25, 0.3) is 0 Å². The number of rotatable bonds is 3. The standard InChI is InChI=1S/C9H15N3S/c1-10-8-2-3-12(4-8)5-9-6-13-7-11-9/h6-8,10H,2-5H2,1H3. The van der Waals surface area contributed by atoms with Crippen LogP contribution in [0.2, 0.25) is 0 Å². The van der Waals surface area contributed by atoms with E-state index in [1.165, 1.54) is 18.7 Å². The molecule has 2 heterocycles. The Morgan fingerprint density at radius 1 is 1.77 bits per heavy atom. The zero-order chi connectivity index (χ0) is 9.10. The Bertz CT molecular complexity index is 247. The van der Waals surface area contributed by atoms with E-state index < -0.39 is 0 Å². The molecule has 1 N–H and O–H groups in total. The maximum atomic E-state index is 4.29. The summed E-state index contributed by atoms with van der Waals surface area (Å²) in [5, 5.41) is 5.45. The number of likely N-dealkylation sites (N-methyl/N-ethyl adjacent to an activating group) is 1. The van der Waals surface area contributed by atoms with Crippen LogP contribution in [0.15, 0.2) is 10.9 Å². The molecule has 3 nitrogen and oxygen atoms in total. The molecule has 72 valence electrons. The van der Waals surface area contributed by atoms with Crippen molar-refractivity contribution in [2.45, 2.75) is 19.0 Å². The summed E-state index contributed by atoms with van der Waals surface area (Å²) in [6.45, 7) is 3.37. The van der Waals surface area contributed by atoms with Crippen molar-refractivity contribution < 1.29 is 0 Å².